The van der Waals surface area contributed by atoms with Crippen molar-refractivity contribution >= 4 is 23.2 Å². The number of allylic oxidation sites excluding steroid dienone is 1. The van der Waals surface area contributed by atoms with Gasteiger partial charge in [0.1, 0.15) is 11.6 Å². The molecule has 0 saturated carbocycles. The minimum atomic E-state index is 0.488. The topological polar surface area (TPSA) is 49.6 Å². The van der Waals surface area contributed by atoms with Gasteiger partial charge in [0.15, 0.2) is 5.82 Å². The van der Waals surface area contributed by atoms with Gasteiger partial charge in [0.2, 0.25) is 0 Å². The van der Waals surface area contributed by atoms with E-state index in [0.717, 1.165) is 5.56 Å². The van der Waals surface area contributed by atoms with Crippen LogP contribution >= 0.6 is 11.5 Å². The van der Waals surface area contributed by atoms with E-state index in [4.69, 9.17) is 5.26 Å². The predicted octanol–water partition coefficient (Wildman–Crippen LogP) is 2.60. The second-order valence-corrected chi connectivity index (χ2v) is 3.44. The zero-order valence-electron chi connectivity index (χ0n) is 7.79. The third kappa shape index (κ3) is 2.27. The van der Waals surface area contributed by atoms with Crippen LogP contribution in [0.2, 0.25) is 0 Å². The first-order valence-electron chi connectivity index (χ1n) is 4.34. The van der Waals surface area contributed by atoms with Crippen molar-refractivity contribution in [1.82, 2.24) is 9.36 Å². The summed E-state index contributed by atoms with van der Waals surface area (Å²) in [6.07, 6.45) is 1.78. The Bertz CT molecular complexity index is 494. The van der Waals surface area contributed by atoms with Crippen LogP contribution < -0.4 is 0 Å². The molecule has 0 spiro atoms. The molecule has 0 radical (unpaired) electrons. The van der Waals surface area contributed by atoms with Crippen LogP contribution in [-0.4, -0.2) is 9.36 Å². The lowest BCUT2D eigenvalue weighted by molar-refractivity contribution is 1.27. The van der Waals surface area contributed by atoms with E-state index in [1.165, 1.54) is 11.5 Å². The molecule has 1 aromatic heterocycles. The van der Waals surface area contributed by atoms with Gasteiger partial charge >= 0.3 is 0 Å². The number of benzene rings is 1. The Hall–Kier alpha value is -1.99. The molecule has 72 valence electrons. The smallest absolute Gasteiger partial charge is 0.183 e. The van der Waals surface area contributed by atoms with Crippen molar-refractivity contribution in [2.75, 3.05) is 0 Å². The Morgan fingerprint density at radius 1 is 1.33 bits per heavy atom. The Morgan fingerprint density at radius 2 is 2.13 bits per heavy atom. The summed E-state index contributed by atoms with van der Waals surface area (Å²) < 4.78 is 4.02. The molecule has 0 bridgehead atoms. The third-order valence-electron chi connectivity index (χ3n) is 1.83. The molecule has 1 aromatic carbocycles. The maximum Gasteiger partial charge on any atom is 0.183 e. The molecule has 0 fully saturated rings. The van der Waals surface area contributed by atoms with Gasteiger partial charge < -0.3 is 0 Å². The zero-order valence-corrected chi connectivity index (χ0v) is 8.61. The van der Waals surface area contributed by atoms with Crippen LogP contribution in [0.1, 0.15) is 11.4 Å². The van der Waals surface area contributed by atoms with Crippen LogP contribution in [0.25, 0.3) is 11.6 Å². The molecule has 0 aliphatic carbocycles. The van der Waals surface area contributed by atoms with Crippen LogP contribution in [0, 0.1) is 11.3 Å². The average Bonchev–Trinajstić information content (AvgIpc) is 2.81. The van der Waals surface area contributed by atoms with Gasteiger partial charge in [0.25, 0.3) is 0 Å². The molecule has 3 nitrogen and oxygen atoms in total. The fourth-order valence-electron chi connectivity index (χ4n) is 1.15. The third-order valence-corrected chi connectivity index (χ3v) is 2.31. The monoisotopic (exact) mass is 213 g/mol. The highest BCUT2D eigenvalue weighted by Gasteiger charge is 2.03. The first-order valence-corrected chi connectivity index (χ1v) is 5.17. The van der Waals surface area contributed by atoms with Crippen molar-refractivity contribution < 1.29 is 0 Å². The first kappa shape index (κ1) is 9.56. The summed E-state index contributed by atoms with van der Waals surface area (Å²) in [4.78, 5) is 4.00. The fourth-order valence-corrected chi connectivity index (χ4v) is 1.59. The maximum atomic E-state index is 8.97. The molecule has 1 heterocycles. The fraction of sp³-hybridized carbons (Fsp3) is 0. The second-order valence-electron chi connectivity index (χ2n) is 2.84. The number of rotatable bonds is 2. The molecule has 4 heteroatoms. The lowest BCUT2D eigenvalue weighted by atomic mass is 10.1. The summed E-state index contributed by atoms with van der Waals surface area (Å²) in [5.74, 6) is 0.492. The number of nitrogens with zero attached hydrogens (tertiary/aromatic N) is 3. The van der Waals surface area contributed by atoms with Crippen molar-refractivity contribution in [3.05, 3.63) is 47.2 Å². The van der Waals surface area contributed by atoms with E-state index in [1.54, 1.807) is 11.6 Å². The lowest BCUT2D eigenvalue weighted by Crippen LogP contribution is -1.83. The number of nitriles is 1. The van der Waals surface area contributed by atoms with Gasteiger partial charge in [0.05, 0.1) is 5.57 Å². The standard InChI is InChI=1S/C11H7N3S/c12-7-10(11-13-8-15-14-11)6-9-4-2-1-3-5-9/h1-6,8H/b10-6+. The Kier molecular flexibility index (Phi) is 2.86. The molecule has 2 rings (SSSR count). The highest BCUT2D eigenvalue weighted by Crippen LogP contribution is 2.14. The van der Waals surface area contributed by atoms with Gasteiger partial charge in [-0.05, 0) is 23.2 Å². The maximum absolute atomic E-state index is 8.97. The van der Waals surface area contributed by atoms with Gasteiger partial charge in [-0.25, -0.2) is 4.98 Å². The quantitative estimate of drug-likeness (QED) is 0.720. The molecule has 0 unspecified atom stereocenters. The van der Waals surface area contributed by atoms with Gasteiger partial charge in [-0.1, -0.05) is 30.3 Å². The Labute approximate surface area is 91.5 Å². The summed E-state index contributed by atoms with van der Waals surface area (Å²) in [5, 5.41) is 8.97. The van der Waals surface area contributed by atoms with Crippen LogP contribution in [0.4, 0.5) is 0 Å². The van der Waals surface area contributed by atoms with Gasteiger partial charge in [-0.3, -0.25) is 0 Å². The van der Waals surface area contributed by atoms with E-state index in [0.29, 0.717) is 11.4 Å². The highest BCUT2D eigenvalue weighted by molar-refractivity contribution is 7.03. The van der Waals surface area contributed by atoms with Crippen molar-refractivity contribution in [2.24, 2.45) is 0 Å². The molecule has 0 N–H and O–H groups in total. The number of hydrogen-bond donors (Lipinski definition) is 0. The number of hydrogen-bond acceptors (Lipinski definition) is 4. The molecule has 0 amide bonds. The second kappa shape index (κ2) is 4.49. The van der Waals surface area contributed by atoms with E-state index in [1.807, 2.05) is 30.3 Å². The summed E-state index contributed by atoms with van der Waals surface area (Å²) in [7, 11) is 0. The minimum absolute atomic E-state index is 0.488. The number of aromatic nitrogens is 2. The van der Waals surface area contributed by atoms with E-state index < -0.39 is 0 Å². The minimum Gasteiger partial charge on any atom is -0.223 e. The molecule has 15 heavy (non-hydrogen) atoms. The largest absolute Gasteiger partial charge is 0.223 e. The zero-order chi connectivity index (χ0) is 10.5. The van der Waals surface area contributed by atoms with Crippen molar-refractivity contribution in [1.29, 1.82) is 5.26 Å². The van der Waals surface area contributed by atoms with E-state index in [2.05, 4.69) is 15.4 Å². The van der Waals surface area contributed by atoms with E-state index in [-0.39, 0.29) is 0 Å². The predicted molar refractivity (Wildman–Crippen MR) is 59.8 cm³/mol. The lowest BCUT2D eigenvalue weighted by Gasteiger charge is -1.93. The van der Waals surface area contributed by atoms with E-state index >= 15 is 0 Å². The molecule has 2 aromatic rings. The molecule has 0 aliphatic rings. The molecule has 0 saturated heterocycles. The Morgan fingerprint density at radius 3 is 2.73 bits per heavy atom. The summed E-state index contributed by atoms with van der Waals surface area (Å²) >= 11 is 1.24. The van der Waals surface area contributed by atoms with Crippen LogP contribution in [-0.2, 0) is 0 Å². The van der Waals surface area contributed by atoms with Gasteiger partial charge in [0, 0.05) is 0 Å². The highest BCUT2D eigenvalue weighted by atomic mass is 32.1. The normalized spacial score (nSPS) is 11.0. The van der Waals surface area contributed by atoms with Gasteiger partial charge in [-0.15, -0.1) is 0 Å². The summed E-state index contributed by atoms with van der Waals surface area (Å²) in [6, 6.07) is 11.8. The van der Waals surface area contributed by atoms with E-state index in [9.17, 15) is 0 Å². The average molecular weight is 213 g/mol. The summed E-state index contributed by atoms with van der Waals surface area (Å²) in [6.45, 7) is 0. The summed E-state index contributed by atoms with van der Waals surface area (Å²) in [5.41, 5.74) is 3.08. The van der Waals surface area contributed by atoms with Crippen molar-refractivity contribution in [2.45, 2.75) is 0 Å². The van der Waals surface area contributed by atoms with Gasteiger partial charge in [-0.2, -0.15) is 9.64 Å². The SMILES string of the molecule is N#C/C(=C\c1ccccc1)c1ncsn1. The van der Waals surface area contributed by atoms with Crippen molar-refractivity contribution in [3.8, 4) is 6.07 Å². The molecular weight excluding hydrogens is 206 g/mol. The molecule has 0 aliphatic heterocycles. The first-order chi connectivity index (χ1) is 7.40. The van der Waals surface area contributed by atoms with Crippen molar-refractivity contribution in [3.63, 3.8) is 0 Å². The van der Waals surface area contributed by atoms with Crippen LogP contribution in [0.5, 0.6) is 0 Å². The molecule has 0 atom stereocenters. The van der Waals surface area contributed by atoms with Crippen LogP contribution in [0.3, 0.4) is 0 Å². The Balaban J connectivity index is 2.37. The van der Waals surface area contributed by atoms with Crippen LogP contribution in [0.15, 0.2) is 35.8 Å². The molecular formula is C11H7N3S.